The van der Waals surface area contributed by atoms with E-state index in [1.54, 1.807) is 0 Å². The molecule has 6 heteroatoms. The maximum absolute atomic E-state index is 11.3. The van der Waals surface area contributed by atoms with Gasteiger partial charge >= 0.3 is 4.87 Å². The summed E-state index contributed by atoms with van der Waals surface area (Å²) in [5.74, 6) is 0.598. The number of aromatic hydroxyl groups is 1. The lowest BCUT2D eigenvalue weighted by atomic mass is 10.1. The second kappa shape index (κ2) is 6.65. The Morgan fingerprint density at radius 3 is 2.57 bits per heavy atom. The van der Waals surface area contributed by atoms with E-state index < -0.39 is 0 Å². The molecule has 0 atom stereocenters. The molecule has 2 aromatic heterocycles. The molecule has 5 rings (SSSR count). The number of hydrogen-bond donors (Lipinski definition) is 2. The number of benzene rings is 3. The molecule has 0 fully saturated rings. The average Bonchev–Trinajstić information content (AvgIpc) is 3.23. The van der Waals surface area contributed by atoms with E-state index in [0.717, 1.165) is 28.0 Å². The number of H-pyrrole nitrogens is 1. The lowest BCUT2D eigenvalue weighted by Gasteiger charge is -2.01. The van der Waals surface area contributed by atoms with Gasteiger partial charge in [0.25, 0.3) is 0 Å². The van der Waals surface area contributed by atoms with Crippen LogP contribution in [0.2, 0.25) is 0 Å². The van der Waals surface area contributed by atoms with E-state index in [-0.39, 0.29) is 10.8 Å². The Morgan fingerprint density at radius 1 is 0.964 bits per heavy atom. The lowest BCUT2D eigenvalue weighted by Crippen LogP contribution is -1.89. The Hall–Kier alpha value is -3.38. The number of aromatic nitrogens is 2. The fourth-order valence-corrected chi connectivity index (χ4v) is 4.14. The molecule has 28 heavy (non-hydrogen) atoms. The van der Waals surface area contributed by atoms with E-state index in [1.165, 1.54) is 10.8 Å². The SMILES string of the molecule is O=c1[nH]c(O)c(Cc2ccc3nc(Cc4ccc5ccccc5c4)oc3c2)s1. The number of nitrogens with zero attached hydrogens (tertiary/aromatic N) is 1. The van der Waals surface area contributed by atoms with Crippen molar-refractivity contribution in [3.8, 4) is 5.88 Å². The molecular weight excluding hydrogens is 372 g/mol. The molecule has 2 heterocycles. The number of hydrogen-bond acceptors (Lipinski definition) is 5. The fraction of sp³-hybridized carbons (Fsp3) is 0.0909. The molecule has 2 N–H and O–H groups in total. The molecular formula is C22H16N2O3S. The van der Waals surface area contributed by atoms with Gasteiger partial charge in [0.15, 0.2) is 11.5 Å². The van der Waals surface area contributed by atoms with E-state index in [9.17, 15) is 9.90 Å². The first kappa shape index (κ1) is 16.8. The molecule has 0 spiro atoms. The van der Waals surface area contributed by atoms with Crippen LogP contribution >= 0.6 is 11.3 Å². The number of rotatable bonds is 4. The molecule has 0 saturated carbocycles. The van der Waals surface area contributed by atoms with Gasteiger partial charge in [-0.3, -0.25) is 9.78 Å². The van der Waals surface area contributed by atoms with E-state index in [4.69, 9.17) is 4.42 Å². The minimum absolute atomic E-state index is 0.0651. The first-order valence-electron chi connectivity index (χ1n) is 8.91. The minimum Gasteiger partial charge on any atom is -0.494 e. The zero-order chi connectivity index (χ0) is 19.1. The third-order valence-corrected chi connectivity index (χ3v) is 5.60. The van der Waals surface area contributed by atoms with Crippen molar-refractivity contribution in [3.05, 3.63) is 92.2 Å². The Balaban J connectivity index is 1.42. The summed E-state index contributed by atoms with van der Waals surface area (Å²) in [4.78, 5) is 18.7. The summed E-state index contributed by atoms with van der Waals surface area (Å²) in [6, 6.07) is 20.4. The molecule has 0 amide bonds. The molecule has 0 unspecified atom stereocenters. The summed E-state index contributed by atoms with van der Waals surface area (Å²) >= 11 is 1.02. The van der Waals surface area contributed by atoms with Gasteiger partial charge in [0, 0.05) is 12.8 Å². The molecule has 0 aliphatic carbocycles. The second-order valence-corrected chi connectivity index (χ2v) is 7.80. The van der Waals surface area contributed by atoms with Crippen molar-refractivity contribution in [3.63, 3.8) is 0 Å². The van der Waals surface area contributed by atoms with Crippen molar-refractivity contribution in [2.45, 2.75) is 12.8 Å². The van der Waals surface area contributed by atoms with Crippen molar-refractivity contribution in [2.75, 3.05) is 0 Å². The predicted molar refractivity (Wildman–Crippen MR) is 110 cm³/mol. The number of nitrogens with one attached hydrogen (secondary N) is 1. The topological polar surface area (TPSA) is 79.1 Å². The third kappa shape index (κ3) is 3.18. The average molecular weight is 388 g/mol. The Morgan fingerprint density at radius 2 is 1.75 bits per heavy atom. The van der Waals surface area contributed by atoms with E-state index >= 15 is 0 Å². The highest BCUT2D eigenvalue weighted by molar-refractivity contribution is 7.09. The van der Waals surface area contributed by atoms with Crippen LogP contribution in [0.5, 0.6) is 5.88 Å². The monoisotopic (exact) mass is 388 g/mol. The van der Waals surface area contributed by atoms with Crippen LogP contribution in [-0.2, 0) is 12.8 Å². The van der Waals surface area contributed by atoms with Gasteiger partial charge in [-0.25, -0.2) is 4.98 Å². The van der Waals surface area contributed by atoms with Gasteiger partial charge in [-0.1, -0.05) is 59.9 Å². The second-order valence-electron chi connectivity index (χ2n) is 6.73. The summed E-state index contributed by atoms with van der Waals surface area (Å²) in [5, 5.41) is 12.2. The zero-order valence-corrected chi connectivity index (χ0v) is 15.6. The summed E-state index contributed by atoms with van der Waals surface area (Å²) in [7, 11) is 0. The normalized spacial score (nSPS) is 11.4. The number of aromatic amines is 1. The first-order chi connectivity index (χ1) is 13.6. The van der Waals surface area contributed by atoms with Crippen molar-refractivity contribution in [1.82, 2.24) is 9.97 Å². The Labute approximate surface area is 163 Å². The Bertz CT molecular complexity index is 1360. The van der Waals surface area contributed by atoms with E-state index in [2.05, 4.69) is 40.3 Å². The lowest BCUT2D eigenvalue weighted by molar-refractivity contribution is 0.451. The van der Waals surface area contributed by atoms with Crippen molar-refractivity contribution >= 4 is 33.2 Å². The summed E-state index contributed by atoms with van der Waals surface area (Å²) in [6.45, 7) is 0. The molecule has 5 aromatic rings. The van der Waals surface area contributed by atoms with Gasteiger partial charge in [0.05, 0.1) is 4.88 Å². The first-order valence-corrected chi connectivity index (χ1v) is 9.73. The highest BCUT2D eigenvalue weighted by Crippen LogP contribution is 2.25. The van der Waals surface area contributed by atoms with E-state index in [0.29, 0.717) is 29.2 Å². The van der Waals surface area contributed by atoms with Crippen LogP contribution in [0.15, 0.2) is 69.9 Å². The number of oxazole rings is 1. The molecule has 0 radical (unpaired) electrons. The van der Waals surface area contributed by atoms with Crippen LogP contribution in [0.25, 0.3) is 21.9 Å². The van der Waals surface area contributed by atoms with Crippen LogP contribution in [0.4, 0.5) is 0 Å². The molecule has 0 bridgehead atoms. The van der Waals surface area contributed by atoms with Crippen molar-refractivity contribution < 1.29 is 9.52 Å². The van der Waals surface area contributed by atoms with Crippen LogP contribution < -0.4 is 4.87 Å². The van der Waals surface area contributed by atoms with E-state index in [1.807, 2.05) is 30.3 Å². The standard InChI is InChI=1S/C22H16N2O3S/c25-21-19(28-22(26)24-21)11-14-6-8-17-18(10-14)27-20(23-17)12-13-5-7-15-3-1-2-4-16(15)9-13/h1-10,25H,11-12H2,(H,24,26). The highest BCUT2D eigenvalue weighted by Gasteiger charge is 2.11. The quantitative estimate of drug-likeness (QED) is 0.471. The van der Waals surface area contributed by atoms with Crippen LogP contribution in [0.3, 0.4) is 0 Å². The predicted octanol–water partition coefficient (Wildman–Crippen LogP) is 4.62. The largest absolute Gasteiger partial charge is 0.494 e. The zero-order valence-electron chi connectivity index (χ0n) is 14.8. The molecule has 0 aliphatic heterocycles. The Kier molecular flexibility index (Phi) is 3.98. The molecule has 0 aliphatic rings. The van der Waals surface area contributed by atoms with Crippen LogP contribution in [-0.4, -0.2) is 15.1 Å². The molecule has 0 saturated heterocycles. The van der Waals surface area contributed by atoms with Gasteiger partial charge in [0.1, 0.15) is 5.52 Å². The van der Waals surface area contributed by atoms with Crippen LogP contribution in [0, 0.1) is 0 Å². The van der Waals surface area contributed by atoms with Crippen molar-refractivity contribution in [1.29, 1.82) is 0 Å². The van der Waals surface area contributed by atoms with Crippen molar-refractivity contribution in [2.24, 2.45) is 0 Å². The summed E-state index contributed by atoms with van der Waals surface area (Å²) in [5.41, 5.74) is 3.60. The third-order valence-electron chi connectivity index (χ3n) is 4.73. The maximum atomic E-state index is 11.3. The number of fused-ring (bicyclic) bond motifs is 2. The maximum Gasteiger partial charge on any atom is 0.307 e. The molecule has 3 aromatic carbocycles. The van der Waals surface area contributed by atoms with Gasteiger partial charge in [-0.2, -0.15) is 0 Å². The van der Waals surface area contributed by atoms with Gasteiger partial charge in [-0.15, -0.1) is 0 Å². The van der Waals surface area contributed by atoms with Crippen LogP contribution in [0.1, 0.15) is 21.9 Å². The summed E-state index contributed by atoms with van der Waals surface area (Å²) < 4.78 is 5.96. The molecule has 5 nitrogen and oxygen atoms in total. The van der Waals surface area contributed by atoms with Gasteiger partial charge in [-0.05, 0) is 34.0 Å². The molecule has 138 valence electrons. The van der Waals surface area contributed by atoms with Gasteiger partial charge < -0.3 is 9.52 Å². The fourth-order valence-electron chi connectivity index (χ4n) is 3.38. The number of thiazole rings is 1. The highest BCUT2D eigenvalue weighted by atomic mass is 32.1. The smallest absolute Gasteiger partial charge is 0.307 e. The minimum atomic E-state index is -0.258. The van der Waals surface area contributed by atoms with Gasteiger partial charge in [0.2, 0.25) is 5.88 Å². The summed E-state index contributed by atoms with van der Waals surface area (Å²) in [6.07, 6.45) is 1.08.